The third kappa shape index (κ3) is 3.01. The predicted octanol–water partition coefficient (Wildman–Crippen LogP) is 4.72. The second-order valence-corrected chi connectivity index (χ2v) is 6.63. The molecule has 100 valence electrons. The van der Waals surface area contributed by atoms with Crippen molar-refractivity contribution in [3.05, 3.63) is 33.8 Å². The molecule has 3 atom stereocenters. The minimum Gasteiger partial charge on any atom is -0.389 e. The zero-order valence-electron chi connectivity index (χ0n) is 10.9. The fraction of sp³-hybridized carbons (Fsp3) is 0.600. The number of aliphatic hydroxyl groups is 1. The van der Waals surface area contributed by atoms with Crippen molar-refractivity contribution in [3.63, 3.8) is 0 Å². The van der Waals surface area contributed by atoms with Gasteiger partial charge in [0.25, 0.3) is 0 Å². The smallest absolute Gasteiger partial charge is 0.0715 e. The highest BCUT2D eigenvalue weighted by Crippen LogP contribution is 2.39. The van der Waals surface area contributed by atoms with Crippen LogP contribution in [0.4, 0.5) is 0 Å². The van der Waals surface area contributed by atoms with Gasteiger partial charge in [-0.05, 0) is 42.4 Å². The van der Waals surface area contributed by atoms with Crippen molar-refractivity contribution in [2.75, 3.05) is 0 Å². The molecule has 0 bridgehead atoms. The summed E-state index contributed by atoms with van der Waals surface area (Å²) in [6, 6.07) is 5.63. The first-order valence-corrected chi connectivity index (χ1v) is 7.32. The maximum atomic E-state index is 10.8. The molecule has 1 nitrogen and oxygen atoms in total. The van der Waals surface area contributed by atoms with Crippen LogP contribution >= 0.6 is 23.2 Å². The van der Waals surface area contributed by atoms with Crippen LogP contribution in [0.15, 0.2) is 18.2 Å². The maximum absolute atomic E-state index is 10.8. The fourth-order valence-corrected chi connectivity index (χ4v) is 3.28. The van der Waals surface area contributed by atoms with E-state index in [-0.39, 0.29) is 0 Å². The SMILES string of the molecule is CC1CCC(C)C(O)(Cc2ccc(Cl)c(Cl)c2)C1. The lowest BCUT2D eigenvalue weighted by Crippen LogP contribution is -2.43. The van der Waals surface area contributed by atoms with Crippen molar-refractivity contribution >= 4 is 23.2 Å². The summed E-state index contributed by atoms with van der Waals surface area (Å²) in [5.74, 6) is 0.928. The molecule has 3 unspecified atom stereocenters. The fourth-order valence-electron chi connectivity index (χ4n) is 2.96. The number of rotatable bonds is 2. The molecule has 1 N–H and O–H groups in total. The van der Waals surface area contributed by atoms with Crippen LogP contribution in [0.2, 0.25) is 10.0 Å². The van der Waals surface area contributed by atoms with Gasteiger partial charge in [0.05, 0.1) is 15.6 Å². The Morgan fingerprint density at radius 1 is 1.22 bits per heavy atom. The Morgan fingerprint density at radius 2 is 1.94 bits per heavy atom. The Hall–Kier alpha value is -0.240. The first-order valence-electron chi connectivity index (χ1n) is 6.57. The summed E-state index contributed by atoms with van der Waals surface area (Å²) in [5, 5.41) is 12.0. The highest BCUT2D eigenvalue weighted by molar-refractivity contribution is 6.42. The van der Waals surface area contributed by atoms with Crippen LogP contribution < -0.4 is 0 Å². The van der Waals surface area contributed by atoms with Crippen LogP contribution in [0, 0.1) is 11.8 Å². The van der Waals surface area contributed by atoms with Gasteiger partial charge in [0.1, 0.15) is 0 Å². The molecule has 2 rings (SSSR count). The Morgan fingerprint density at radius 3 is 2.61 bits per heavy atom. The monoisotopic (exact) mass is 286 g/mol. The number of benzene rings is 1. The molecule has 3 heteroatoms. The van der Waals surface area contributed by atoms with Gasteiger partial charge in [0.15, 0.2) is 0 Å². The van der Waals surface area contributed by atoms with E-state index in [1.165, 1.54) is 6.42 Å². The molecule has 1 saturated carbocycles. The van der Waals surface area contributed by atoms with Crippen LogP contribution in [0.1, 0.15) is 38.7 Å². The zero-order chi connectivity index (χ0) is 13.3. The van der Waals surface area contributed by atoms with Crippen LogP contribution in [0.25, 0.3) is 0 Å². The second kappa shape index (κ2) is 5.40. The molecule has 1 aromatic rings. The normalized spacial score (nSPS) is 32.5. The minimum absolute atomic E-state index is 0.336. The quantitative estimate of drug-likeness (QED) is 0.834. The Bertz CT molecular complexity index is 433. The maximum Gasteiger partial charge on any atom is 0.0715 e. The van der Waals surface area contributed by atoms with Gasteiger partial charge in [-0.25, -0.2) is 0 Å². The first kappa shape index (κ1) is 14.2. The van der Waals surface area contributed by atoms with E-state index < -0.39 is 5.60 Å². The molecule has 0 aromatic heterocycles. The van der Waals surface area contributed by atoms with Crippen LogP contribution in [0.3, 0.4) is 0 Å². The minimum atomic E-state index is -0.602. The molecule has 1 aromatic carbocycles. The van der Waals surface area contributed by atoms with Crippen molar-refractivity contribution in [2.45, 2.75) is 45.1 Å². The van der Waals surface area contributed by atoms with E-state index in [4.69, 9.17) is 23.2 Å². The summed E-state index contributed by atoms with van der Waals surface area (Å²) >= 11 is 11.9. The van der Waals surface area contributed by atoms with Gasteiger partial charge in [-0.3, -0.25) is 0 Å². The molecule has 18 heavy (non-hydrogen) atoms. The van der Waals surface area contributed by atoms with Crippen molar-refractivity contribution in [1.29, 1.82) is 0 Å². The molecule has 0 radical (unpaired) electrons. The van der Waals surface area contributed by atoms with Gasteiger partial charge in [0, 0.05) is 6.42 Å². The largest absolute Gasteiger partial charge is 0.389 e. The van der Waals surface area contributed by atoms with E-state index in [1.807, 2.05) is 12.1 Å². The summed E-state index contributed by atoms with van der Waals surface area (Å²) in [6.45, 7) is 4.36. The Labute approximate surface area is 119 Å². The number of hydrogen-bond donors (Lipinski definition) is 1. The van der Waals surface area contributed by atoms with Gasteiger partial charge >= 0.3 is 0 Å². The summed E-state index contributed by atoms with van der Waals surface area (Å²) in [5.41, 5.74) is 0.460. The molecule has 0 amide bonds. The lowest BCUT2D eigenvalue weighted by molar-refractivity contribution is -0.0560. The topological polar surface area (TPSA) is 20.2 Å². The van der Waals surface area contributed by atoms with E-state index in [1.54, 1.807) is 6.07 Å². The molecular formula is C15H20Cl2O. The van der Waals surface area contributed by atoms with E-state index >= 15 is 0 Å². The van der Waals surface area contributed by atoms with E-state index in [2.05, 4.69) is 13.8 Å². The highest BCUT2D eigenvalue weighted by atomic mass is 35.5. The van der Waals surface area contributed by atoms with Crippen LogP contribution in [-0.4, -0.2) is 10.7 Å². The van der Waals surface area contributed by atoms with Gasteiger partial charge in [-0.1, -0.05) is 49.5 Å². The lowest BCUT2D eigenvalue weighted by Gasteiger charge is -2.41. The van der Waals surface area contributed by atoms with Gasteiger partial charge < -0.3 is 5.11 Å². The van der Waals surface area contributed by atoms with Crippen molar-refractivity contribution in [2.24, 2.45) is 11.8 Å². The summed E-state index contributed by atoms with van der Waals surface area (Å²) in [6.07, 6.45) is 3.84. The standard InChI is InChI=1S/C15H20Cl2O/c1-10-3-4-11(2)15(18,8-10)9-12-5-6-13(16)14(17)7-12/h5-7,10-11,18H,3-4,8-9H2,1-2H3. The van der Waals surface area contributed by atoms with Crippen molar-refractivity contribution in [1.82, 2.24) is 0 Å². The molecule has 1 aliphatic rings. The molecular weight excluding hydrogens is 267 g/mol. The van der Waals surface area contributed by atoms with Crippen LogP contribution in [0.5, 0.6) is 0 Å². The van der Waals surface area contributed by atoms with Gasteiger partial charge in [-0.15, -0.1) is 0 Å². The molecule has 0 spiro atoms. The predicted molar refractivity (Wildman–Crippen MR) is 77.3 cm³/mol. The summed E-state index contributed by atoms with van der Waals surface area (Å²) in [4.78, 5) is 0. The molecule has 0 aliphatic heterocycles. The van der Waals surface area contributed by atoms with E-state index in [0.29, 0.717) is 28.3 Å². The Kier molecular flexibility index (Phi) is 4.25. The third-order valence-corrected chi connectivity index (χ3v) is 4.95. The Balaban J connectivity index is 2.17. The molecule has 1 aliphatic carbocycles. The van der Waals surface area contributed by atoms with Crippen molar-refractivity contribution in [3.8, 4) is 0 Å². The van der Waals surface area contributed by atoms with E-state index in [0.717, 1.165) is 18.4 Å². The summed E-state index contributed by atoms with van der Waals surface area (Å²) < 4.78 is 0. The average Bonchev–Trinajstić information content (AvgIpc) is 2.29. The molecule has 0 saturated heterocycles. The first-order chi connectivity index (χ1) is 8.40. The van der Waals surface area contributed by atoms with Crippen LogP contribution in [-0.2, 0) is 6.42 Å². The van der Waals surface area contributed by atoms with Crippen molar-refractivity contribution < 1.29 is 5.11 Å². The van der Waals surface area contributed by atoms with E-state index in [9.17, 15) is 5.11 Å². The molecule has 0 heterocycles. The number of halogens is 2. The molecule has 1 fully saturated rings. The summed E-state index contributed by atoms with van der Waals surface area (Å²) in [7, 11) is 0. The van der Waals surface area contributed by atoms with Gasteiger partial charge in [0.2, 0.25) is 0 Å². The number of hydrogen-bond acceptors (Lipinski definition) is 1. The highest BCUT2D eigenvalue weighted by Gasteiger charge is 2.38. The average molecular weight is 287 g/mol. The zero-order valence-corrected chi connectivity index (χ0v) is 12.4. The second-order valence-electron chi connectivity index (χ2n) is 5.82. The third-order valence-electron chi connectivity index (χ3n) is 4.21. The lowest BCUT2D eigenvalue weighted by atomic mass is 9.69. The van der Waals surface area contributed by atoms with Gasteiger partial charge in [-0.2, -0.15) is 0 Å².